The Kier molecular flexibility index (Phi) is 6.04. The van der Waals surface area contributed by atoms with Gasteiger partial charge in [-0.1, -0.05) is 12.1 Å². The lowest BCUT2D eigenvalue weighted by Crippen LogP contribution is -2.31. The lowest BCUT2D eigenvalue weighted by atomic mass is 9.94. The minimum atomic E-state index is -0.896. The Morgan fingerprint density at radius 3 is 2.79 bits per heavy atom. The number of aromatic hydroxyl groups is 1. The smallest absolute Gasteiger partial charge is 0.315 e. The summed E-state index contributed by atoms with van der Waals surface area (Å²) in [5, 5.41) is 32.1. The van der Waals surface area contributed by atoms with Crippen molar-refractivity contribution in [3.63, 3.8) is 0 Å². The van der Waals surface area contributed by atoms with Gasteiger partial charge in [-0.2, -0.15) is 10.1 Å². The summed E-state index contributed by atoms with van der Waals surface area (Å²) >= 11 is 0. The third kappa shape index (κ3) is 3.96. The first kappa shape index (κ1) is 22.6. The van der Waals surface area contributed by atoms with Crippen molar-refractivity contribution in [1.82, 2.24) is 14.8 Å². The van der Waals surface area contributed by atoms with E-state index in [0.717, 1.165) is 0 Å². The van der Waals surface area contributed by atoms with Gasteiger partial charge in [-0.15, -0.1) is 0 Å². The molecule has 1 amide bonds. The van der Waals surface area contributed by atoms with Gasteiger partial charge < -0.3 is 25.2 Å². The number of allylic oxidation sites excluding steroid dienone is 1. The van der Waals surface area contributed by atoms with Crippen molar-refractivity contribution in [2.75, 3.05) is 24.4 Å². The van der Waals surface area contributed by atoms with Crippen LogP contribution in [0.3, 0.4) is 0 Å². The van der Waals surface area contributed by atoms with Gasteiger partial charge in [0.25, 0.3) is 5.91 Å². The van der Waals surface area contributed by atoms with Crippen molar-refractivity contribution in [1.29, 1.82) is 0 Å². The van der Waals surface area contributed by atoms with E-state index in [0.29, 0.717) is 28.6 Å². The van der Waals surface area contributed by atoms with Crippen LogP contribution in [-0.2, 0) is 4.79 Å². The van der Waals surface area contributed by atoms with Crippen LogP contribution in [0.4, 0.5) is 17.3 Å². The van der Waals surface area contributed by atoms with E-state index in [4.69, 9.17) is 9.47 Å². The minimum absolute atomic E-state index is 0.0750. The van der Waals surface area contributed by atoms with Crippen LogP contribution in [0, 0.1) is 10.1 Å². The predicted molar refractivity (Wildman–Crippen MR) is 122 cm³/mol. The molecule has 0 fully saturated rings. The Bertz CT molecular complexity index is 1300. The molecular weight excluding hydrogens is 444 g/mol. The van der Waals surface area contributed by atoms with E-state index in [1.807, 2.05) is 0 Å². The van der Waals surface area contributed by atoms with Crippen LogP contribution in [0.1, 0.15) is 25.5 Å². The number of nitro groups is 1. The molecule has 1 aliphatic rings. The number of hydrogen-bond acceptors (Lipinski definition) is 9. The number of carbonyl (C=O) groups excluding carboxylic acids is 1. The van der Waals surface area contributed by atoms with Crippen LogP contribution in [-0.4, -0.2) is 44.4 Å². The Labute approximate surface area is 194 Å². The van der Waals surface area contributed by atoms with E-state index in [-0.39, 0.29) is 17.9 Å². The first-order valence-corrected chi connectivity index (χ1v) is 10.3. The number of nitrogens with one attached hydrogen (secondary N) is 2. The lowest BCUT2D eigenvalue weighted by Gasteiger charge is -2.29. The number of benzene rings is 2. The molecule has 0 aliphatic carbocycles. The molecule has 1 aliphatic heterocycles. The second-order valence-corrected chi connectivity index (χ2v) is 7.33. The fourth-order valence-corrected chi connectivity index (χ4v) is 3.81. The Morgan fingerprint density at radius 1 is 1.32 bits per heavy atom. The zero-order valence-electron chi connectivity index (χ0n) is 18.6. The summed E-state index contributed by atoms with van der Waals surface area (Å²) in [5.41, 5.74) is 0.928. The largest absolute Gasteiger partial charge is 0.500 e. The molecule has 1 atom stereocenters. The van der Waals surface area contributed by atoms with Gasteiger partial charge in [0.1, 0.15) is 18.1 Å². The van der Waals surface area contributed by atoms with E-state index < -0.39 is 28.3 Å². The summed E-state index contributed by atoms with van der Waals surface area (Å²) in [6.45, 7) is 3.56. The number of rotatable bonds is 7. The van der Waals surface area contributed by atoms with Crippen molar-refractivity contribution in [2.24, 2.45) is 0 Å². The minimum Gasteiger partial charge on any atom is -0.500 e. The average molecular weight is 466 g/mol. The second-order valence-electron chi connectivity index (χ2n) is 7.33. The highest BCUT2D eigenvalue weighted by molar-refractivity contribution is 6.06. The quantitative estimate of drug-likeness (QED) is 0.352. The number of nitrogens with zero attached hydrogens (tertiary/aromatic N) is 4. The van der Waals surface area contributed by atoms with Crippen LogP contribution in [0.2, 0.25) is 0 Å². The van der Waals surface area contributed by atoms with Gasteiger partial charge in [-0.25, -0.2) is 4.68 Å². The molecule has 2 heterocycles. The molecule has 0 radical (unpaired) electrons. The third-order valence-corrected chi connectivity index (χ3v) is 5.28. The number of nitro benzene ring substituents is 1. The highest BCUT2D eigenvalue weighted by Crippen LogP contribution is 2.43. The molecule has 2 aromatic carbocycles. The van der Waals surface area contributed by atoms with Crippen LogP contribution >= 0.6 is 0 Å². The molecule has 0 unspecified atom stereocenters. The number of hydrogen-bond donors (Lipinski definition) is 3. The summed E-state index contributed by atoms with van der Waals surface area (Å²) in [6.07, 6.45) is 1.31. The van der Waals surface area contributed by atoms with Gasteiger partial charge in [0.2, 0.25) is 11.7 Å². The summed E-state index contributed by atoms with van der Waals surface area (Å²) in [6, 6.07) is 8.68. The van der Waals surface area contributed by atoms with Gasteiger partial charge in [-0.3, -0.25) is 14.9 Å². The van der Waals surface area contributed by atoms with Crippen molar-refractivity contribution in [2.45, 2.75) is 19.9 Å². The number of amides is 1. The SMILES string of the molecule is CCOc1cc([C@H]2C(C(=O)Nc3ccccc3OC)=C(C)Nc3ncnn32)cc([N+](=O)[O-])c1O. The number of ether oxygens (including phenoxy) is 2. The van der Waals surface area contributed by atoms with Crippen LogP contribution in [0.15, 0.2) is 54.0 Å². The Morgan fingerprint density at radius 2 is 2.09 bits per heavy atom. The monoisotopic (exact) mass is 466 g/mol. The van der Waals surface area contributed by atoms with E-state index in [1.54, 1.807) is 38.1 Å². The fourth-order valence-electron chi connectivity index (χ4n) is 3.81. The number of methoxy groups -OCH3 is 1. The second kappa shape index (κ2) is 9.10. The highest BCUT2D eigenvalue weighted by Gasteiger charge is 2.36. The average Bonchev–Trinajstić information content (AvgIpc) is 3.27. The predicted octanol–water partition coefficient (Wildman–Crippen LogP) is 3.23. The van der Waals surface area contributed by atoms with Gasteiger partial charge in [0, 0.05) is 11.8 Å². The lowest BCUT2D eigenvalue weighted by molar-refractivity contribution is -0.386. The molecule has 34 heavy (non-hydrogen) atoms. The van der Waals surface area contributed by atoms with Crippen LogP contribution in [0.25, 0.3) is 0 Å². The fraction of sp³-hybridized carbons (Fsp3) is 0.227. The number of anilines is 2. The van der Waals surface area contributed by atoms with E-state index >= 15 is 0 Å². The molecule has 0 saturated carbocycles. The van der Waals surface area contributed by atoms with Gasteiger partial charge in [0.05, 0.1) is 29.9 Å². The molecule has 12 nitrogen and oxygen atoms in total. The van der Waals surface area contributed by atoms with Gasteiger partial charge in [0.15, 0.2) is 5.75 Å². The molecule has 0 bridgehead atoms. The van der Waals surface area contributed by atoms with Crippen molar-refractivity contribution < 1.29 is 24.3 Å². The summed E-state index contributed by atoms with van der Waals surface area (Å²) in [5.74, 6) is -0.327. The Hall–Kier alpha value is -4.61. The standard InChI is InChI=1S/C22H22N6O6/c1-4-34-17-10-13(9-15(20(17)29)28(31)32)19-18(12(2)25-22-23-11-24-27(19)22)21(30)26-14-7-5-6-8-16(14)33-3/h5-11,19,29H,4H2,1-3H3,(H,26,30)(H,23,24,25)/t19-/m0/s1. The molecule has 176 valence electrons. The molecule has 0 saturated heterocycles. The van der Waals surface area contributed by atoms with Crippen LogP contribution in [0.5, 0.6) is 17.2 Å². The maximum atomic E-state index is 13.5. The molecular formula is C22H22N6O6. The number of para-hydroxylation sites is 2. The van der Waals surface area contributed by atoms with Crippen molar-refractivity contribution in [3.8, 4) is 17.2 Å². The third-order valence-electron chi connectivity index (χ3n) is 5.28. The molecule has 3 aromatic rings. The molecule has 3 N–H and O–H groups in total. The normalized spacial score (nSPS) is 14.7. The number of fused-ring (bicyclic) bond motifs is 1. The van der Waals surface area contributed by atoms with Crippen LogP contribution < -0.4 is 20.1 Å². The summed E-state index contributed by atoms with van der Waals surface area (Å²) in [7, 11) is 1.49. The van der Waals surface area contributed by atoms with E-state index in [2.05, 4.69) is 20.7 Å². The van der Waals surface area contributed by atoms with Crippen molar-refractivity contribution in [3.05, 3.63) is 69.7 Å². The zero-order valence-corrected chi connectivity index (χ0v) is 18.6. The number of phenolic OH excluding ortho intramolecular Hbond substituents is 1. The number of aromatic nitrogens is 3. The number of carbonyl (C=O) groups is 1. The summed E-state index contributed by atoms with van der Waals surface area (Å²) < 4.78 is 12.2. The first-order valence-electron chi connectivity index (χ1n) is 10.3. The van der Waals surface area contributed by atoms with Crippen molar-refractivity contribution >= 4 is 23.2 Å². The van der Waals surface area contributed by atoms with E-state index in [1.165, 1.54) is 30.3 Å². The topological polar surface area (TPSA) is 154 Å². The van der Waals surface area contributed by atoms with Gasteiger partial charge >= 0.3 is 5.69 Å². The Balaban J connectivity index is 1.86. The first-order chi connectivity index (χ1) is 16.3. The molecule has 12 heteroatoms. The van der Waals surface area contributed by atoms with Gasteiger partial charge in [-0.05, 0) is 37.6 Å². The zero-order chi connectivity index (χ0) is 24.4. The van der Waals surface area contributed by atoms with E-state index in [9.17, 15) is 20.0 Å². The molecule has 1 aromatic heterocycles. The summed E-state index contributed by atoms with van der Waals surface area (Å²) in [4.78, 5) is 28.6. The highest BCUT2D eigenvalue weighted by atomic mass is 16.6. The maximum absolute atomic E-state index is 13.5. The molecule has 4 rings (SSSR count). The number of phenols is 1. The molecule has 0 spiro atoms. The maximum Gasteiger partial charge on any atom is 0.315 e.